The predicted octanol–water partition coefficient (Wildman–Crippen LogP) is 3.52. The summed E-state index contributed by atoms with van der Waals surface area (Å²) in [4.78, 5) is 12.4. The zero-order valence-electron chi connectivity index (χ0n) is 17.3. The molecule has 0 aliphatic carbocycles. The first-order valence-corrected chi connectivity index (χ1v) is 11.2. The van der Waals surface area contributed by atoms with Gasteiger partial charge in [-0.1, -0.05) is 26.0 Å². The molecule has 0 unspecified atom stereocenters. The maximum atomic E-state index is 12.8. The van der Waals surface area contributed by atoms with Gasteiger partial charge in [0.2, 0.25) is 10.0 Å². The van der Waals surface area contributed by atoms with Crippen LogP contribution in [-0.2, 0) is 32.3 Å². The topological polar surface area (TPSA) is 90.9 Å². The maximum Gasteiger partial charge on any atom is 0.416 e. The van der Waals surface area contributed by atoms with Gasteiger partial charge in [-0.05, 0) is 35.7 Å². The van der Waals surface area contributed by atoms with Gasteiger partial charge in [0.1, 0.15) is 25.9 Å². The Balaban J connectivity index is 1.68. The number of benzene rings is 2. The minimum absolute atomic E-state index is 0.108. The van der Waals surface area contributed by atoms with E-state index in [0.717, 1.165) is 12.1 Å². The van der Waals surface area contributed by atoms with Crippen molar-refractivity contribution < 1.29 is 40.6 Å². The quantitative estimate of drug-likeness (QED) is 0.619. The zero-order chi connectivity index (χ0) is 23.5. The Morgan fingerprint density at radius 3 is 2.28 bits per heavy atom. The highest BCUT2D eigenvalue weighted by molar-refractivity contribution is 7.89. The molecule has 1 heterocycles. The molecule has 0 amide bonds. The fourth-order valence-electron chi connectivity index (χ4n) is 2.92. The minimum Gasteiger partial charge on any atom is -0.486 e. The largest absolute Gasteiger partial charge is 0.486 e. The average Bonchev–Trinajstić information content (AvgIpc) is 2.75. The van der Waals surface area contributed by atoms with E-state index in [4.69, 9.17) is 14.2 Å². The maximum absolute atomic E-state index is 12.8. The lowest BCUT2D eigenvalue weighted by Crippen LogP contribution is -2.45. The van der Waals surface area contributed by atoms with Crippen molar-refractivity contribution in [2.45, 2.75) is 37.6 Å². The molecule has 174 valence electrons. The van der Waals surface area contributed by atoms with E-state index in [1.165, 1.54) is 30.3 Å². The van der Waals surface area contributed by atoms with Crippen molar-refractivity contribution >= 4 is 16.0 Å². The highest BCUT2D eigenvalue weighted by Gasteiger charge is 2.31. The summed E-state index contributed by atoms with van der Waals surface area (Å²) in [5.74, 6) is -0.597. The Morgan fingerprint density at radius 2 is 1.69 bits per heavy atom. The fraction of sp³-hybridized carbons (Fsp3) is 0.381. The van der Waals surface area contributed by atoms with Gasteiger partial charge in [0.05, 0.1) is 10.5 Å². The van der Waals surface area contributed by atoms with Crippen LogP contribution >= 0.6 is 0 Å². The molecule has 1 aliphatic heterocycles. The summed E-state index contributed by atoms with van der Waals surface area (Å²) < 4.78 is 81.9. The van der Waals surface area contributed by atoms with E-state index < -0.39 is 39.7 Å². The van der Waals surface area contributed by atoms with Crippen LogP contribution in [0.25, 0.3) is 0 Å². The van der Waals surface area contributed by atoms with Crippen molar-refractivity contribution in [2.24, 2.45) is 5.92 Å². The normalized spacial score (nSPS) is 14.8. The molecular weight excluding hydrogens is 451 g/mol. The van der Waals surface area contributed by atoms with Crippen LogP contribution in [0.2, 0.25) is 0 Å². The standard InChI is InChI=1S/C21H22F3NO6S/c1-13(2)19(20(26)31-12-14-3-5-15(6-4-14)21(22,23)24)25-32(27,28)16-7-8-17-18(11-16)30-10-9-29-17/h3-8,11,13,19,25H,9-10,12H2,1-2H3/t19-/m0/s1. The van der Waals surface area contributed by atoms with E-state index in [9.17, 15) is 26.4 Å². The minimum atomic E-state index is -4.47. The van der Waals surface area contributed by atoms with Gasteiger partial charge in [-0.25, -0.2) is 8.42 Å². The SMILES string of the molecule is CC(C)[C@H](NS(=O)(=O)c1ccc2c(c1)OCCO2)C(=O)OCc1ccc(C(F)(F)F)cc1. The monoisotopic (exact) mass is 473 g/mol. The molecule has 0 fully saturated rings. The number of hydrogen-bond donors (Lipinski definition) is 1. The zero-order valence-corrected chi connectivity index (χ0v) is 18.1. The van der Waals surface area contributed by atoms with Crippen LogP contribution in [0, 0.1) is 5.92 Å². The van der Waals surface area contributed by atoms with E-state index in [1.807, 2.05) is 0 Å². The Labute approximate surface area is 183 Å². The third-order valence-electron chi connectivity index (χ3n) is 4.69. The number of esters is 1. The lowest BCUT2D eigenvalue weighted by atomic mass is 10.1. The summed E-state index contributed by atoms with van der Waals surface area (Å²) in [6, 6.07) is 7.06. The van der Waals surface area contributed by atoms with Crippen molar-refractivity contribution in [3.8, 4) is 11.5 Å². The number of ether oxygens (including phenoxy) is 3. The first-order valence-electron chi connectivity index (χ1n) is 9.72. The molecule has 1 atom stereocenters. The van der Waals surface area contributed by atoms with Crippen molar-refractivity contribution in [3.05, 3.63) is 53.6 Å². The molecule has 1 N–H and O–H groups in total. The molecule has 2 aromatic carbocycles. The summed E-state index contributed by atoms with van der Waals surface area (Å²) in [6.07, 6.45) is -4.47. The van der Waals surface area contributed by atoms with Crippen LogP contribution in [-0.4, -0.2) is 33.6 Å². The number of sulfonamides is 1. The molecule has 1 aliphatic rings. The van der Waals surface area contributed by atoms with E-state index >= 15 is 0 Å². The number of rotatable bonds is 7. The summed E-state index contributed by atoms with van der Waals surface area (Å²) in [7, 11) is -4.10. The van der Waals surface area contributed by atoms with E-state index in [2.05, 4.69) is 4.72 Å². The number of carbonyl (C=O) groups excluding carboxylic acids is 1. The number of fused-ring (bicyclic) bond motifs is 1. The van der Waals surface area contributed by atoms with Crippen molar-refractivity contribution in [1.29, 1.82) is 0 Å². The highest BCUT2D eigenvalue weighted by atomic mass is 32.2. The van der Waals surface area contributed by atoms with Gasteiger partial charge in [-0.3, -0.25) is 4.79 Å². The fourth-order valence-corrected chi connectivity index (χ4v) is 4.26. The van der Waals surface area contributed by atoms with Crippen LogP contribution in [0.3, 0.4) is 0 Å². The Morgan fingerprint density at radius 1 is 1.06 bits per heavy atom. The molecule has 3 rings (SSSR count). The molecule has 0 bridgehead atoms. The Hall–Kier alpha value is -2.79. The van der Waals surface area contributed by atoms with Crippen molar-refractivity contribution in [1.82, 2.24) is 4.72 Å². The molecule has 7 nitrogen and oxygen atoms in total. The molecule has 11 heteroatoms. The number of nitrogens with one attached hydrogen (secondary N) is 1. The summed E-state index contributed by atoms with van der Waals surface area (Å²) in [6.45, 7) is 3.62. The molecular formula is C21H22F3NO6S. The summed E-state index contributed by atoms with van der Waals surface area (Å²) in [5.41, 5.74) is -0.483. The molecule has 0 spiro atoms. The number of alkyl halides is 3. The van der Waals surface area contributed by atoms with Gasteiger partial charge >= 0.3 is 12.1 Å². The lowest BCUT2D eigenvalue weighted by Gasteiger charge is -2.22. The Kier molecular flexibility index (Phi) is 6.99. The Bertz CT molecular complexity index is 1070. The second kappa shape index (κ2) is 9.37. The number of carbonyl (C=O) groups is 1. The predicted molar refractivity (Wildman–Crippen MR) is 108 cm³/mol. The van der Waals surface area contributed by atoms with Crippen LogP contribution in [0.15, 0.2) is 47.4 Å². The second-order valence-corrected chi connectivity index (χ2v) is 9.16. The molecule has 2 aromatic rings. The van der Waals surface area contributed by atoms with E-state index in [-0.39, 0.29) is 23.9 Å². The van der Waals surface area contributed by atoms with E-state index in [0.29, 0.717) is 17.9 Å². The van der Waals surface area contributed by atoms with Crippen molar-refractivity contribution in [2.75, 3.05) is 13.2 Å². The molecule has 0 saturated carbocycles. The number of hydrogen-bond acceptors (Lipinski definition) is 6. The van der Waals surface area contributed by atoms with E-state index in [1.54, 1.807) is 13.8 Å². The third-order valence-corrected chi connectivity index (χ3v) is 6.13. The molecule has 0 radical (unpaired) electrons. The van der Waals surface area contributed by atoms with Crippen LogP contribution in [0.1, 0.15) is 25.0 Å². The molecule has 0 aromatic heterocycles. The van der Waals surface area contributed by atoms with Gasteiger partial charge in [-0.15, -0.1) is 0 Å². The lowest BCUT2D eigenvalue weighted by molar-refractivity contribution is -0.148. The van der Waals surface area contributed by atoms with Gasteiger partial charge in [-0.2, -0.15) is 17.9 Å². The van der Waals surface area contributed by atoms with Gasteiger partial charge in [0, 0.05) is 6.07 Å². The van der Waals surface area contributed by atoms with Crippen LogP contribution in [0.4, 0.5) is 13.2 Å². The van der Waals surface area contributed by atoms with Gasteiger partial charge in [0.15, 0.2) is 11.5 Å². The number of halogens is 3. The molecule has 0 saturated heterocycles. The van der Waals surface area contributed by atoms with Crippen molar-refractivity contribution in [3.63, 3.8) is 0 Å². The summed E-state index contributed by atoms with van der Waals surface area (Å²) >= 11 is 0. The van der Waals surface area contributed by atoms with Crippen LogP contribution in [0.5, 0.6) is 11.5 Å². The first kappa shape index (κ1) is 23.9. The van der Waals surface area contributed by atoms with Crippen LogP contribution < -0.4 is 14.2 Å². The molecule has 32 heavy (non-hydrogen) atoms. The second-order valence-electron chi connectivity index (χ2n) is 7.45. The highest BCUT2D eigenvalue weighted by Crippen LogP contribution is 2.32. The summed E-state index contributed by atoms with van der Waals surface area (Å²) in [5, 5.41) is 0. The first-order chi connectivity index (χ1) is 15.0. The van der Waals surface area contributed by atoms with Gasteiger partial charge in [0.25, 0.3) is 0 Å². The average molecular weight is 473 g/mol. The van der Waals surface area contributed by atoms with Gasteiger partial charge < -0.3 is 14.2 Å². The third kappa shape index (κ3) is 5.71. The smallest absolute Gasteiger partial charge is 0.416 e.